The molecule has 4 aliphatic carbocycles. The number of carbonyl (C=O) groups is 4. The Labute approximate surface area is 165 Å². The number of hydrogen-bond acceptors (Lipinski definition) is 5. The molecule has 0 amide bonds. The van der Waals surface area contributed by atoms with E-state index in [1.807, 2.05) is 19.9 Å². The van der Waals surface area contributed by atoms with E-state index in [1.54, 1.807) is 12.2 Å². The molecule has 0 aromatic heterocycles. The van der Waals surface area contributed by atoms with Gasteiger partial charge in [0.2, 0.25) is 0 Å². The molecule has 3 fully saturated rings. The smallest absolute Gasteiger partial charge is 0.178 e. The summed E-state index contributed by atoms with van der Waals surface area (Å²) in [7, 11) is 0. The standard InChI is InChI=1S/C23H28O5/c1-13(24)10-19(27)23(28)9-7-17-16-5-4-14-11-15(25)6-8-21(14,2)20(16)18(26)12-22(17,23)3/h6,8,11,16-17,20,28H,4-5,7,9-10,12H2,1-3H3/t16-,17-,20+,21-,22-,23-/m0/s1. The van der Waals surface area contributed by atoms with Gasteiger partial charge in [-0.15, -0.1) is 0 Å². The maximum absolute atomic E-state index is 13.4. The first-order valence-electron chi connectivity index (χ1n) is 10.2. The van der Waals surface area contributed by atoms with Crippen LogP contribution in [0.25, 0.3) is 0 Å². The van der Waals surface area contributed by atoms with E-state index in [9.17, 15) is 24.3 Å². The van der Waals surface area contributed by atoms with E-state index >= 15 is 0 Å². The molecule has 0 spiro atoms. The van der Waals surface area contributed by atoms with Crippen molar-refractivity contribution >= 4 is 23.1 Å². The second kappa shape index (κ2) is 6.06. The Morgan fingerprint density at radius 2 is 1.93 bits per heavy atom. The van der Waals surface area contributed by atoms with E-state index in [4.69, 9.17) is 0 Å². The highest BCUT2D eigenvalue weighted by molar-refractivity contribution is 6.04. The van der Waals surface area contributed by atoms with Gasteiger partial charge in [0.05, 0.1) is 6.42 Å². The molecule has 0 bridgehead atoms. The van der Waals surface area contributed by atoms with Gasteiger partial charge in [0.15, 0.2) is 11.6 Å². The Kier molecular flexibility index (Phi) is 4.20. The highest BCUT2D eigenvalue weighted by Crippen LogP contribution is 2.66. The number of Topliss-reactive ketones (excluding diaryl/α,β-unsaturated/α-hetero) is 3. The topological polar surface area (TPSA) is 88.5 Å². The molecule has 5 nitrogen and oxygen atoms in total. The lowest BCUT2D eigenvalue weighted by molar-refractivity contribution is -0.167. The normalized spacial score (nSPS) is 44.4. The zero-order valence-electron chi connectivity index (χ0n) is 16.8. The number of fused-ring (bicyclic) bond motifs is 5. The molecule has 150 valence electrons. The van der Waals surface area contributed by atoms with Crippen molar-refractivity contribution in [2.75, 3.05) is 0 Å². The molecule has 6 atom stereocenters. The number of carbonyl (C=O) groups excluding carboxylic acids is 4. The van der Waals surface area contributed by atoms with Crippen LogP contribution in [0.2, 0.25) is 0 Å². The maximum Gasteiger partial charge on any atom is 0.178 e. The third-order valence-corrected chi connectivity index (χ3v) is 8.28. The van der Waals surface area contributed by atoms with Crippen molar-refractivity contribution < 1.29 is 24.3 Å². The van der Waals surface area contributed by atoms with Gasteiger partial charge in [-0.2, -0.15) is 0 Å². The van der Waals surface area contributed by atoms with E-state index in [1.165, 1.54) is 6.92 Å². The molecule has 0 radical (unpaired) electrons. The fraction of sp³-hybridized carbons (Fsp3) is 0.652. The third kappa shape index (κ3) is 2.41. The number of hydrogen-bond donors (Lipinski definition) is 1. The SMILES string of the molecule is CC(=O)CC(=O)[C@@]1(O)CC[C@H]2[C@@H]3CCC4=CC(=O)C=C[C@]4(C)[C@H]3C(=O)C[C@@]21C. The van der Waals surface area contributed by atoms with Crippen LogP contribution in [0.15, 0.2) is 23.8 Å². The molecule has 0 aromatic rings. The zero-order valence-corrected chi connectivity index (χ0v) is 16.8. The molecule has 0 heterocycles. The molecule has 28 heavy (non-hydrogen) atoms. The molecule has 4 aliphatic rings. The fourth-order valence-electron chi connectivity index (χ4n) is 6.86. The van der Waals surface area contributed by atoms with Crippen LogP contribution >= 0.6 is 0 Å². The number of allylic oxidation sites excluding steroid dienone is 4. The first-order valence-corrected chi connectivity index (χ1v) is 10.2. The van der Waals surface area contributed by atoms with Gasteiger partial charge >= 0.3 is 0 Å². The zero-order chi connectivity index (χ0) is 20.5. The first-order chi connectivity index (χ1) is 13.0. The van der Waals surface area contributed by atoms with Crippen LogP contribution in [-0.2, 0) is 19.2 Å². The predicted octanol–water partition coefficient (Wildman–Crippen LogP) is 2.75. The Bertz CT molecular complexity index is 851. The third-order valence-electron chi connectivity index (χ3n) is 8.28. The van der Waals surface area contributed by atoms with Crippen molar-refractivity contribution in [2.24, 2.45) is 28.6 Å². The van der Waals surface area contributed by atoms with Crippen molar-refractivity contribution in [2.45, 2.75) is 64.9 Å². The van der Waals surface area contributed by atoms with Crippen molar-refractivity contribution in [3.63, 3.8) is 0 Å². The molecular formula is C23H28O5. The van der Waals surface area contributed by atoms with Crippen LogP contribution in [0.4, 0.5) is 0 Å². The molecule has 4 rings (SSSR count). The van der Waals surface area contributed by atoms with E-state index in [0.717, 1.165) is 18.4 Å². The van der Waals surface area contributed by atoms with Gasteiger partial charge in [0.1, 0.15) is 17.2 Å². The van der Waals surface area contributed by atoms with Crippen LogP contribution in [-0.4, -0.2) is 33.8 Å². The van der Waals surface area contributed by atoms with Crippen molar-refractivity contribution in [1.82, 2.24) is 0 Å². The van der Waals surface area contributed by atoms with Crippen molar-refractivity contribution in [3.05, 3.63) is 23.8 Å². The molecule has 0 unspecified atom stereocenters. The largest absolute Gasteiger partial charge is 0.381 e. The van der Waals surface area contributed by atoms with E-state index < -0.39 is 22.2 Å². The summed E-state index contributed by atoms with van der Waals surface area (Å²) >= 11 is 0. The second-order valence-electron chi connectivity index (χ2n) is 9.74. The fourth-order valence-corrected chi connectivity index (χ4v) is 6.86. The van der Waals surface area contributed by atoms with E-state index in [-0.39, 0.29) is 47.9 Å². The molecule has 0 saturated heterocycles. The lowest BCUT2D eigenvalue weighted by Crippen LogP contribution is -2.60. The van der Waals surface area contributed by atoms with Gasteiger partial charge in [-0.05, 0) is 56.6 Å². The Morgan fingerprint density at radius 1 is 1.21 bits per heavy atom. The van der Waals surface area contributed by atoms with Gasteiger partial charge < -0.3 is 5.11 Å². The van der Waals surface area contributed by atoms with Gasteiger partial charge in [0.25, 0.3) is 0 Å². The summed E-state index contributed by atoms with van der Waals surface area (Å²) < 4.78 is 0. The molecule has 3 saturated carbocycles. The Balaban J connectivity index is 1.72. The summed E-state index contributed by atoms with van der Waals surface area (Å²) in [6.07, 6.45) is 7.54. The van der Waals surface area contributed by atoms with Crippen LogP contribution in [0.1, 0.15) is 59.3 Å². The molecule has 0 aliphatic heterocycles. The second-order valence-corrected chi connectivity index (χ2v) is 9.74. The Hall–Kier alpha value is -1.88. The average Bonchev–Trinajstić information content (AvgIpc) is 2.87. The monoisotopic (exact) mass is 384 g/mol. The van der Waals surface area contributed by atoms with Crippen LogP contribution < -0.4 is 0 Å². The van der Waals surface area contributed by atoms with Crippen LogP contribution in [0.3, 0.4) is 0 Å². The first kappa shape index (κ1) is 19.4. The molecule has 0 aromatic carbocycles. The number of aliphatic hydroxyl groups is 1. The highest BCUT2D eigenvalue weighted by atomic mass is 16.3. The minimum absolute atomic E-state index is 0.0240. The lowest BCUT2D eigenvalue weighted by Gasteiger charge is -2.56. The summed E-state index contributed by atoms with van der Waals surface area (Å²) in [5.74, 6) is -0.758. The molecule has 1 N–H and O–H groups in total. The minimum atomic E-state index is -1.61. The lowest BCUT2D eigenvalue weighted by atomic mass is 9.46. The summed E-state index contributed by atoms with van der Waals surface area (Å²) in [6, 6.07) is 0. The van der Waals surface area contributed by atoms with Crippen molar-refractivity contribution in [1.29, 1.82) is 0 Å². The minimum Gasteiger partial charge on any atom is -0.381 e. The summed E-state index contributed by atoms with van der Waals surface area (Å²) in [6.45, 7) is 5.26. The van der Waals surface area contributed by atoms with Crippen LogP contribution in [0, 0.1) is 28.6 Å². The average molecular weight is 384 g/mol. The van der Waals surface area contributed by atoms with E-state index in [2.05, 4.69) is 0 Å². The van der Waals surface area contributed by atoms with Crippen molar-refractivity contribution in [3.8, 4) is 0 Å². The summed E-state index contributed by atoms with van der Waals surface area (Å²) in [5, 5.41) is 11.4. The molecule has 5 heteroatoms. The highest BCUT2D eigenvalue weighted by Gasteiger charge is 2.68. The van der Waals surface area contributed by atoms with Gasteiger partial charge in [-0.1, -0.05) is 25.5 Å². The van der Waals surface area contributed by atoms with Crippen LogP contribution in [0.5, 0.6) is 0 Å². The van der Waals surface area contributed by atoms with Gasteiger partial charge in [-0.25, -0.2) is 0 Å². The molecular weight excluding hydrogens is 356 g/mol. The van der Waals surface area contributed by atoms with E-state index in [0.29, 0.717) is 12.8 Å². The van der Waals surface area contributed by atoms with Gasteiger partial charge in [-0.3, -0.25) is 19.2 Å². The predicted molar refractivity (Wildman–Crippen MR) is 102 cm³/mol. The quantitative estimate of drug-likeness (QED) is 0.756. The summed E-state index contributed by atoms with van der Waals surface area (Å²) in [5.41, 5.74) is -1.87. The number of ketones is 4. The summed E-state index contributed by atoms with van der Waals surface area (Å²) in [4.78, 5) is 49.5. The number of rotatable bonds is 3. The van der Waals surface area contributed by atoms with Gasteiger partial charge in [0, 0.05) is 23.2 Å². The Morgan fingerprint density at radius 3 is 2.61 bits per heavy atom. The maximum atomic E-state index is 13.4.